The average Bonchev–Trinajstić information content (AvgIpc) is 2.86. The van der Waals surface area contributed by atoms with E-state index in [1.54, 1.807) is 0 Å². The van der Waals surface area contributed by atoms with E-state index < -0.39 is 0 Å². The Balaban J connectivity index is 1.67. The van der Waals surface area contributed by atoms with Gasteiger partial charge in [-0.15, -0.1) is 0 Å². The van der Waals surface area contributed by atoms with Crippen molar-refractivity contribution in [3.63, 3.8) is 0 Å². The molecule has 0 aliphatic carbocycles. The van der Waals surface area contributed by atoms with Gasteiger partial charge < -0.3 is 10.1 Å². The maximum absolute atomic E-state index is 5.42. The Labute approximate surface area is 123 Å². The van der Waals surface area contributed by atoms with Crippen molar-refractivity contribution >= 4 is 11.3 Å². The molecule has 0 saturated carbocycles. The van der Waals surface area contributed by atoms with E-state index in [1.165, 1.54) is 0 Å². The molecule has 1 aromatic carbocycles. The van der Waals surface area contributed by atoms with E-state index in [2.05, 4.69) is 15.4 Å². The Morgan fingerprint density at radius 1 is 1.24 bits per heavy atom. The second-order valence-corrected chi connectivity index (χ2v) is 4.86. The molecule has 3 aromatic rings. The summed E-state index contributed by atoms with van der Waals surface area (Å²) < 4.78 is 7.23. The molecule has 0 saturated heterocycles. The molecule has 1 N–H and O–H groups in total. The summed E-state index contributed by atoms with van der Waals surface area (Å²) in [6, 6.07) is 9.90. The van der Waals surface area contributed by atoms with E-state index in [1.807, 2.05) is 61.1 Å². The van der Waals surface area contributed by atoms with Gasteiger partial charge in [0.05, 0.1) is 12.3 Å². The largest absolute Gasteiger partial charge is 0.494 e. The van der Waals surface area contributed by atoms with Crippen molar-refractivity contribution in [3.05, 3.63) is 54.0 Å². The van der Waals surface area contributed by atoms with Crippen LogP contribution in [-0.2, 0) is 6.54 Å². The van der Waals surface area contributed by atoms with Crippen LogP contribution in [0.5, 0.6) is 5.75 Å². The van der Waals surface area contributed by atoms with Gasteiger partial charge in [0.2, 0.25) is 0 Å². The number of ether oxygens (including phenoxy) is 1. The first kappa shape index (κ1) is 13.4. The number of rotatable bonds is 5. The Morgan fingerprint density at radius 3 is 2.81 bits per heavy atom. The van der Waals surface area contributed by atoms with E-state index in [9.17, 15) is 0 Å². The zero-order valence-electron chi connectivity index (χ0n) is 12.2. The average molecular weight is 282 g/mol. The lowest BCUT2D eigenvalue weighted by molar-refractivity contribution is 0.340. The highest BCUT2D eigenvalue weighted by atomic mass is 16.5. The first-order chi connectivity index (χ1) is 10.2. The predicted octanol–water partition coefficient (Wildman–Crippen LogP) is 3.05. The number of aromatic nitrogens is 3. The minimum absolute atomic E-state index is 0.682. The van der Waals surface area contributed by atoms with Crippen LogP contribution in [0.4, 0.5) is 5.69 Å². The molecule has 0 radical (unpaired) electrons. The number of benzene rings is 1. The Morgan fingerprint density at radius 2 is 2.05 bits per heavy atom. The number of hydrogen-bond donors (Lipinski definition) is 1. The van der Waals surface area contributed by atoms with Crippen molar-refractivity contribution in [2.45, 2.75) is 20.4 Å². The molecule has 0 aliphatic rings. The van der Waals surface area contributed by atoms with Gasteiger partial charge in [-0.25, -0.2) is 9.50 Å². The van der Waals surface area contributed by atoms with Crippen LogP contribution in [0.3, 0.4) is 0 Å². The lowest BCUT2D eigenvalue weighted by Gasteiger charge is -2.08. The molecule has 5 heteroatoms. The molecule has 21 heavy (non-hydrogen) atoms. The van der Waals surface area contributed by atoms with E-state index >= 15 is 0 Å². The first-order valence-corrected chi connectivity index (χ1v) is 7.02. The highest BCUT2D eigenvalue weighted by molar-refractivity contribution is 5.47. The van der Waals surface area contributed by atoms with Gasteiger partial charge in [0.15, 0.2) is 5.65 Å². The molecule has 0 unspecified atom stereocenters. The molecule has 0 fully saturated rings. The minimum Gasteiger partial charge on any atom is -0.494 e. The maximum atomic E-state index is 5.42. The highest BCUT2D eigenvalue weighted by Crippen LogP contribution is 2.16. The van der Waals surface area contributed by atoms with Crippen molar-refractivity contribution < 1.29 is 4.74 Å². The second kappa shape index (κ2) is 5.83. The normalized spacial score (nSPS) is 10.8. The fourth-order valence-corrected chi connectivity index (χ4v) is 2.16. The number of nitrogens with zero attached hydrogens (tertiary/aromatic N) is 3. The van der Waals surface area contributed by atoms with Crippen molar-refractivity contribution in [2.75, 3.05) is 11.9 Å². The van der Waals surface area contributed by atoms with Crippen LogP contribution in [0.1, 0.15) is 18.2 Å². The lowest BCUT2D eigenvalue weighted by Crippen LogP contribution is -2.02. The van der Waals surface area contributed by atoms with Gasteiger partial charge in [-0.1, -0.05) is 0 Å². The van der Waals surface area contributed by atoms with E-state index in [4.69, 9.17) is 4.74 Å². The molecule has 5 nitrogen and oxygen atoms in total. The third-order valence-electron chi connectivity index (χ3n) is 3.15. The summed E-state index contributed by atoms with van der Waals surface area (Å²) in [7, 11) is 0. The quantitative estimate of drug-likeness (QED) is 0.781. The van der Waals surface area contributed by atoms with E-state index in [0.29, 0.717) is 13.2 Å². The van der Waals surface area contributed by atoms with Crippen molar-refractivity contribution in [3.8, 4) is 5.75 Å². The molecule has 2 heterocycles. The van der Waals surface area contributed by atoms with Gasteiger partial charge in [-0.2, -0.15) is 5.10 Å². The summed E-state index contributed by atoms with van der Waals surface area (Å²) in [5.74, 6) is 0.887. The third kappa shape index (κ3) is 3.13. The fourth-order valence-electron chi connectivity index (χ4n) is 2.16. The Hall–Kier alpha value is -2.56. The van der Waals surface area contributed by atoms with Crippen LogP contribution in [0.15, 0.2) is 42.7 Å². The van der Waals surface area contributed by atoms with E-state index in [-0.39, 0.29) is 0 Å². The zero-order chi connectivity index (χ0) is 14.7. The molecular weight excluding hydrogens is 264 g/mol. The number of hydrogen-bond acceptors (Lipinski definition) is 4. The van der Waals surface area contributed by atoms with Gasteiger partial charge in [0.25, 0.3) is 0 Å². The summed E-state index contributed by atoms with van der Waals surface area (Å²) in [5.41, 5.74) is 3.98. The fraction of sp³-hybridized carbons (Fsp3) is 0.250. The molecule has 0 atom stereocenters. The molecule has 3 rings (SSSR count). The number of aryl methyl sites for hydroxylation is 1. The van der Waals surface area contributed by atoms with Gasteiger partial charge in [-0.05, 0) is 38.1 Å². The van der Waals surface area contributed by atoms with Crippen LogP contribution in [-0.4, -0.2) is 21.2 Å². The van der Waals surface area contributed by atoms with Crippen molar-refractivity contribution in [2.24, 2.45) is 0 Å². The minimum atomic E-state index is 0.682. The number of anilines is 1. The SMILES string of the molecule is CCOc1ccc(NCc2cnc3cc(C)nn3c2)cc1. The summed E-state index contributed by atoms with van der Waals surface area (Å²) in [5, 5.41) is 7.74. The molecule has 0 bridgehead atoms. The molecule has 0 spiro atoms. The maximum Gasteiger partial charge on any atom is 0.155 e. The lowest BCUT2D eigenvalue weighted by atomic mass is 10.3. The standard InChI is InChI=1S/C16H18N4O/c1-3-21-15-6-4-14(5-7-15)17-9-13-10-18-16-8-12(2)19-20(16)11-13/h4-8,10-11,17H,3,9H2,1-2H3. The predicted molar refractivity (Wildman–Crippen MR) is 82.7 cm³/mol. The summed E-state index contributed by atoms with van der Waals surface area (Å²) in [4.78, 5) is 4.39. The van der Waals surface area contributed by atoms with Gasteiger partial charge in [0.1, 0.15) is 5.75 Å². The van der Waals surface area contributed by atoms with Crippen molar-refractivity contribution in [1.29, 1.82) is 0 Å². The number of fused-ring (bicyclic) bond motifs is 1. The van der Waals surface area contributed by atoms with Gasteiger partial charge in [-0.3, -0.25) is 0 Å². The topological polar surface area (TPSA) is 51.5 Å². The zero-order valence-corrected chi connectivity index (χ0v) is 12.2. The summed E-state index contributed by atoms with van der Waals surface area (Å²) >= 11 is 0. The summed E-state index contributed by atoms with van der Waals surface area (Å²) in [6.45, 7) is 5.33. The van der Waals surface area contributed by atoms with Crippen LogP contribution < -0.4 is 10.1 Å². The third-order valence-corrected chi connectivity index (χ3v) is 3.15. The van der Waals surface area contributed by atoms with Gasteiger partial charge in [0, 0.05) is 36.3 Å². The smallest absolute Gasteiger partial charge is 0.155 e. The molecular formula is C16H18N4O. The monoisotopic (exact) mass is 282 g/mol. The van der Waals surface area contributed by atoms with Crippen LogP contribution >= 0.6 is 0 Å². The second-order valence-electron chi connectivity index (χ2n) is 4.86. The van der Waals surface area contributed by atoms with E-state index in [0.717, 1.165) is 28.3 Å². The van der Waals surface area contributed by atoms with Crippen LogP contribution in [0.25, 0.3) is 5.65 Å². The van der Waals surface area contributed by atoms with Gasteiger partial charge >= 0.3 is 0 Å². The molecule has 0 amide bonds. The van der Waals surface area contributed by atoms with Crippen molar-refractivity contribution in [1.82, 2.24) is 14.6 Å². The molecule has 2 aromatic heterocycles. The van der Waals surface area contributed by atoms with Crippen LogP contribution in [0.2, 0.25) is 0 Å². The molecule has 108 valence electrons. The highest BCUT2D eigenvalue weighted by Gasteiger charge is 2.01. The summed E-state index contributed by atoms with van der Waals surface area (Å²) in [6.07, 6.45) is 3.87. The molecule has 0 aliphatic heterocycles. The Kier molecular flexibility index (Phi) is 3.73. The van der Waals surface area contributed by atoms with Crippen LogP contribution in [0, 0.1) is 6.92 Å². The first-order valence-electron chi connectivity index (χ1n) is 7.02. The Bertz CT molecular complexity index is 734. The number of nitrogens with one attached hydrogen (secondary N) is 1.